The van der Waals surface area contributed by atoms with Gasteiger partial charge < -0.3 is 4.74 Å². The minimum absolute atomic E-state index is 0.331. The minimum atomic E-state index is 0.331. The molecular formula is C12H9N3O. The van der Waals surface area contributed by atoms with Gasteiger partial charge >= 0.3 is 0 Å². The van der Waals surface area contributed by atoms with E-state index in [0.717, 1.165) is 5.69 Å². The highest BCUT2D eigenvalue weighted by molar-refractivity contribution is 5.29. The Labute approximate surface area is 93.2 Å². The molecule has 78 valence electrons. The van der Waals surface area contributed by atoms with Crippen LogP contribution < -0.4 is 4.74 Å². The number of aryl methyl sites for hydroxylation is 1. The van der Waals surface area contributed by atoms with Crippen molar-refractivity contribution in [3.63, 3.8) is 0 Å². The molecule has 0 N–H and O–H groups in total. The quantitative estimate of drug-likeness (QED) is 0.765. The number of hydrogen-bond acceptors (Lipinski definition) is 4. The molecule has 0 amide bonds. The van der Waals surface area contributed by atoms with Gasteiger partial charge in [-0.25, -0.2) is 4.98 Å². The zero-order chi connectivity index (χ0) is 11.4. The van der Waals surface area contributed by atoms with Crippen molar-refractivity contribution < 1.29 is 4.74 Å². The van der Waals surface area contributed by atoms with Crippen LogP contribution >= 0.6 is 0 Å². The fourth-order valence-electron chi connectivity index (χ4n) is 1.17. The maximum atomic E-state index is 8.68. The summed E-state index contributed by atoms with van der Waals surface area (Å²) in [6, 6.07) is 10.7. The topological polar surface area (TPSA) is 58.8 Å². The third-order valence-corrected chi connectivity index (χ3v) is 1.94. The summed E-state index contributed by atoms with van der Waals surface area (Å²) in [4.78, 5) is 8.10. The smallest absolute Gasteiger partial charge is 0.220 e. The number of hydrogen-bond donors (Lipinski definition) is 0. The second kappa shape index (κ2) is 4.41. The van der Waals surface area contributed by atoms with Crippen molar-refractivity contribution in [2.45, 2.75) is 6.92 Å². The second-order valence-corrected chi connectivity index (χ2v) is 3.21. The monoisotopic (exact) mass is 211 g/mol. The molecule has 0 aliphatic carbocycles. The molecule has 0 unspecified atom stereocenters. The van der Waals surface area contributed by atoms with E-state index in [2.05, 4.69) is 9.97 Å². The summed E-state index contributed by atoms with van der Waals surface area (Å²) in [7, 11) is 0. The summed E-state index contributed by atoms with van der Waals surface area (Å²) in [5, 5.41) is 8.68. The first-order valence-electron chi connectivity index (χ1n) is 4.75. The van der Waals surface area contributed by atoms with Gasteiger partial charge in [0.05, 0.1) is 6.20 Å². The van der Waals surface area contributed by atoms with Crippen molar-refractivity contribution in [1.82, 2.24) is 9.97 Å². The Morgan fingerprint density at radius 3 is 2.81 bits per heavy atom. The lowest BCUT2D eigenvalue weighted by atomic mass is 10.3. The van der Waals surface area contributed by atoms with Crippen LogP contribution in [-0.2, 0) is 0 Å². The summed E-state index contributed by atoms with van der Waals surface area (Å²) in [6.07, 6.45) is 1.62. The van der Waals surface area contributed by atoms with Crippen LogP contribution in [-0.4, -0.2) is 9.97 Å². The van der Waals surface area contributed by atoms with Crippen molar-refractivity contribution in [2.24, 2.45) is 0 Å². The largest absolute Gasteiger partial charge is 0.437 e. The van der Waals surface area contributed by atoms with E-state index in [9.17, 15) is 0 Å². The van der Waals surface area contributed by atoms with Gasteiger partial charge in [-0.05, 0) is 25.1 Å². The number of aromatic nitrogens is 2. The predicted molar refractivity (Wildman–Crippen MR) is 58.0 cm³/mol. The third kappa shape index (κ3) is 2.34. The van der Waals surface area contributed by atoms with Gasteiger partial charge in [-0.15, -0.1) is 0 Å². The lowest BCUT2D eigenvalue weighted by Gasteiger charge is -2.03. The first kappa shape index (κ1) is 10.1. The lowest BCUT2D eigenvalue weighted by Crippen LogP contribution is -1.90. The Morgan fingerprint density at radius 1 is 1.25 bits per heavy atom. The van der Waals surface area contributed by atoms with Crippen LogP contribution in [0.2, 0.25) is 0 Å². The van der Waals surface area contributed by atoms with Crippen molar-refractivity contribution in [3.8, 4) is 17.7 Å². The summed E-state index contributed by atoms with van der Waals surface area (Å²) < 4.78 is 5.45. The summed E-state index contributed by atoms with van der Waals surface area (Å²) in [5.74, 6) is 0.998. The van der Waals surface area contributed by atoms with Crippen molar-refractivity contribution in [2.75, 3.05) is 0 Å². The fraction of sp³-hybridized carbons (Fsp3) is 0.0833. The van der Waals surface area contributed by atoms with E-state index in [-0.39, 0.29) is 0 Å². The van der Waals surface area contributed by atoms with Gasteiger partial charge in [0.15, 0.2) is 0 Å². The molecule has 0 spiro atoms. The molecule has 0 aliphatic heterocycles. The average molecular weight is 211 g/mol. The fourth-order valence-corrected chi connectivity index (χ4v) is 1.17. The summed E-state index contributed by atoms with van der Waals surface area (Å²) in [5.41, 5.74) is 1.25. The molecule has 2 rings (SSSR count). The summed E-state index contributed by atoms with van der Waals surface area (Å²) >= 11 is 0. The van der Waals surface area contributed by atoms with E-state index in [1.165, 1.54) is 0 Å². The molecule has 0 saturated carbocycles. The van der Waals surface area contributed by atoms with Gasteiger partial charge in [-0.2, -0.15) is 5.26 Å². The van der Waals surface area contributed by atoms with Crippen LogP contribution in [0, 0.1) is 18.3 Å². The van der Waals surface area contributed by atoms with Gasteiger partial charge in [0, 0.05) is 11.8 Å². The highest BCUT2D eigenvalue weighted by Crippen LogP contribution is 2.18. The number of ether oxygens (including phenoxy) is 1. The van der Waals surface area contributed by atoms with Gasteiger partial charge in [0.25, 0.3) is 0 Å². The SMILES string of the molecule is Cc1ccc(Oc2cccc(C#N)n2)cn1. The van der Waals surface area contributed by atoms with Crippen LogP contribution in [0.25, 0.3) is 0 Å². The number of pyridine rings is 2. The van der Waals surface area contributed by atoms with E-state index < -0.39 is 0 Å². The normalized spacial score (nSPS) is 9.50. The summed E-state index contributed by atoms with van der Waals surface area (Å²) in [6.45, 7) is 1.90. The third-order valence-electron chi connectivity index (χ3n) is 1.94. The average Bonchev–Trinajstić information content (AvgIpc) is 2.32. The number of rotatable bonds is 2. The molecule has 16 heavy (non-hydrogen) atoms. The van der Waals surface area contributed by atoms with Crippen LogP contribution in [0.4, 0.5) is 0 Å². The molecule has 2 aromatic heterocycles. The highest BCUT2D eigenvalue weighted by Gasteiger charge is 2.00. The van der Waals surface area contributed by atoms with Gasteiger partial charge in [0.1, 0.15) is 17.5 Å². The Hall–Kier alpha value is -2.41. The van der Waals surface area contributed by atoms with Crippen LogP contribution in [0.15, 0.2) is 36.5 Å². The molecular weight excluding hydrogens is 202 g/mol. The molecule has 0 aromatic carbocycles. The standard InChI is InChI=1S/C12H9N3O/c1-9-5-6-11(8-14-9)16-12-4-2-3-10(7-13)15-12/h2-6,8H,1H3. The Balaban J connectivity index is 2.21. The van der Waals surface area contributed by atoms with E-state index in [4.69, 9.17) is 10.00 Å². The van der Waals surface area contributed by atoms with E-state index in [1.807, 2.05) is 25.1 Å². The molecule has 0 radical (unpaired) electrons. The van der Waals surface area contributed by atoms with Crippen molar-refractivity contribution >= 4 is 0 Å². The van der Waals surface area contributed by atoms with E-state index in [1.54, 1.807) is 24.4 Å². The zero-order valence-corrected chi connectivity index (χ0v) is 8.71. The predicted octanol–water partition coefficient (Wildman–Crippen LogP) is 2.45. The molecule has 0 aliphatic rings. The van der Waals surface area contributed by atoms with Gasteiger partial charge in [-0.3, -0.25) is 4.98 Å². The number of nitrogens with zero attached hydrogens (tertiary/aromatic N) is 3. The van der Waals surface area contributed by atoms with Gasteiger partial charge in [0.2, 0.25) is 5.88 Å². The maximum Gasteiger partial charge on any atom is 0.220 e. The first-order chi connectivity index (χ1) is 7.78. The first-order valence-corrected chi connectivity index (χ1v) is 4.75. The molecule has 2 aromatic rings. The Kier molecular flexibility index (Phi) is 2.79. The second-order valence-electron chi connectivity index (χ2n) is 3.21. The van der Waals surface area contributed by atoms with Crippen molar-refractivity contribution in [1.29, 1.82) is 5.26 Å². The van der Waals surface area contributed by atoms with Gasteiger partial charge in [-0.1, -0.05) is 6.07 Å². The Morgan fingerprint density at radius 2 is 2.12 bits per heavy atom. The molecule has 0 fully saturated rings. The van der Waals surface area contributed by atoms with Crippen LogP contribution in [0.3, 0.4) is 0 Å². The maximum absolute atomic E-state index is 8.68. The highest BCUT2D eigenvalue weighted by atomic mass is 16.5. The molecule has 2 heterocycles. The lowest BCUT2D eigenvalue weighted by molar-refractivity contribution is 0.460. The van der Waals surface area contributed by atoms with E-state index in [0.29, 0.717) is 17.3 Å². The zero-order valence-electron chi connectivity index (χ0n) is 8.71. The molecule has 4 heteroatoms. The van der Waals surface area contributed by atoms with Crippen LogP contribution in [0.1, 0.15) is 11.4 Å². The minimum Gasteiger partial charge on any atom is -0.437 e. The molecule has 0 saturated heterocycles. The van der Waals surface area contributed by atoms with Crippen molar-refractivity contribution in [3.05, 3.63) is 47.9 Å². The molecule has 0 atom stereocenters. The van der Waals surface area contributed by atoms with Crippen LogP contribution in [0.5, 0.6) is 11.6 Å². The molecule has 4 nitrogen and oxygen atoms in total. The number of nitriles is 1. The molecule has 0 bridgehead atoms. The van der Waals surface area contributed by atoms with E-state index >= 15 is 0 Å². The Bertz CT molecular complexity index is 529.